The van der Waals surface area contributed by atoms with E-state index in [0.717, 1.165) is 27.1 Å². The van der Waals surface area contributed by atoms with Crippen molar-refractivity contribution in [3.63, 3.8) is 0 Å². The summed E-state index contributed by atoms with van der Waals surface area (Å²) < 4.78 is 12.1. The number of hydrogen-bond acceptors (Lipinski definition) is 2. The maximum Gasteiger partial charge on any atom is 0.125 e. The summed E-state index contributed by atoms with van der Waals surface area (Å²) in [6.45, 7) is 2.43. The largest absolute Gasteiger partial charge is 0.496 e. The standard InChI is InChI=1S/C15H14BrClO2/c1-10-7-12(16)3-5-14(10)19-9-11-8-13(17)4-6-15(11)18-2/h3-8H,9H2,1-2H3. The fraction of sp³-hybridized carbons (Fsp3) is 0.200. The van der Waals surface area contributed by atoms with Crippen molar-refractivity contribution >= 4 is 27.5 Å². The Bertz CT molecular complexity index is 584. The molecular weight excluding hydrogens is 328 g/mol. The molecule has 0 atom stereocenters. The van der Waals surface area contributed by atoms with Gasteiger partial charge in [0.25, 0.3) is 0 Å². The zero-order valence-electron chi connectivity index (χ0n) is 10.7. The Morgan fingerprint density at radius 2 is 1.84 bits per heavy atom. The van der Waals surface area contributed by atoms with Gasteiger partial charge in [-0.1, -0.05) is 27.5 Å². The molecule has 0 saturated carbocycles. The Hall–Kier alpha value is -1.19. The van der Waals surface area contributed by atoms with Crippen molar-refractivity contribution in [2.45, 2.75) is 13.5 Å². The third kappa shape index (κ3) is 3.64. The normalized spacial score (nSPS) is 10.3. The van der Waals surface area contributed by atoms with Crippen LogP contribution in [0.5, 0.6) is 11.5 Å². The van der Waals surface area contributed by atoms with Crippen molar-refractivity contribution in [1.29, 1.82) is 0 Å². The van der Waals surface area contributed by atoms with E-state index in [2.05, 4.69) is 15.9 Å². The molecule has 2 rings (SSSR count). The van der Waals surface area contributed by atoms with E-state index in [1.165, 1.54) is 0 Å². The molecule has 0 aliphatic heterocycles. The van der Waals surface area contributed by atoms with Gasteiger partial charge < -0.3 is 9.47 Å². The Balaban J connectivity index is 2.16. The molecule has 0 radical (unpaired) electrons. The minimum absolute atomic E-state index is 0.423. The molecule has 100 valence electrons. The van der Waals surface area contributed by atoms with Crippen LogP contribution in [0.1, 0.15) is 11.1 Å². The molecule has 0 aliphatic rings. The monoisotopic (exact) mass is 340 g/mol. The lowest BCUT2D eigenvalue weighted by Crippen LogP contribution is -1.99. The van der Waals surface area contributed by atoms with E-state index in [0.29, 0.717) is 11.6 Å². The predicted molar refractivity (Wildman–Crippen MR) is 81.2 cm³/mol. The van der Waals surface area contributed by atoms with Gasteiger partial charge in [-0.05, 0) is 48.9 Å². The smallest absolute Gasteiger partial charge is 0.125 e. The van der Waals surface area contributed by atoms with Gasteiger partial charge in [0, 0.05) is 15.1 Å². The Morgan fingerprint density at radius 1 is 1.11 bits per heavy atom. The second-order valence-corrected chi connectivity index (χ2v) is 5.51. The summed E-state index contributed by atoms with van der Waals surface area (Å²) >= 11 is 9.42. The summed E-state index contributed by atoms with van der Waals surface area (Å²) in [4.78, 5) is 0. The molecule has 0 aromatic heterocycles. The van der Waals surface area contributed by atoms with Crippen molar-refractivity contribution in [2.24, 2.45) is 0 Å². The molecule has 0 bridgehead atoms. The quantitative estimate of drug-likeness (QED) is 0.779. The first-order valence-electron chi connectivity index (χ1n) is 5.81. The molecule has 0 amide bonds. The topological polar surface area (TPSA) is 18.5 Å². The maximum atomic E-state index is 5.99. The lowest BCUT2D eigenvalue weighted by atomic mass is 10.2. The number of rotatable bonds is 4. The van der Waals surface area contributed by atoms with E-state index >= 15 is 0 Å². The maximum absolute atomic E-state index is 5.99. The molecule has 0 unspecified atom stereocenters. The Morgan fingerprint density at radius 3 is 2.53 bits per heavy atom. The van der Waals surface area contributed by atoms with Crippen LogP contribution < -0.4 is 9.47 Å². The number of ether oxygens (including phenoxy) is 2. The van der Waals surface area contributed by atoms with Crippen LogP contribution in [0.15, 0.2) is 40.9 Å². The first kappa shape index (κ1) is 14.2. The molecule has 0 heterocycles. The first-order valence-corrected chi connectivity index (χ1v) is 6.98. The van der Waals surface area contributed by atoms with Crippen LogP contribution in [-0.4, -0.2) is 7.11 Å². The minimum Gasteiger partial charge on any atom is -0.496 e. The van der Waals surface area contributed by atoms with Gasteiger partial charge in [0.2, 0.25) is 0 Å². The molecule has 19 heavy (non-hydrogen) atoms. The highest BCUT2D eigenvalue weighted by atomic mass is 79.9. The van der Waals surface area contributed by atoms with E-state index in [-0.39, 0.29) is 0 Å². The van der Waals surface area contributed by atoms with E-state index in [4.69, 9.17) is 21.1 Å². The average Bonchev–Trinajstić information content (AvgIpc) is 2.38. The molecule has 0 fully saturated rings. The van der Waals surface area contributed by atoms with Crippen LogP contribution in [0.4, 0.5) is 0 Å². The van der Waals surface area contributed by atoms with Gasteiger partial charge in [0.1, 0.15) is 18.1 Å². The summed E-state index contributed by atoms with van der Waals surface area (Å²) in [7, 11) is 1.64. The molecule has 0 aliphatic carbocycles. The third-order valence-electron chi connectivity index (χ3n) is 2.76. The predicted octanol–water partition coefficient (Wildman–Crippen LogP) is 5.00. The summed E-state index contributed by atoms with van der Waals surface area (Å²) in [6, 6.07) is 11.4. The Kier molecular flexibility index (Phi) is 4.72. The van der Waals surface area contributed by atoms with Gasteiger partial charge in [-0.25, -0.2) is 0 Å². The van der Waals surface area contributed by atoms with Gasteiger partial charge in [-0.3, -0.25) is 0 Å². The van der Waals surface area contributed by atoms with E-state index in [9.17, 15) is 0 Å². The molecule has 0 saturated heterocycles. The summed E-state index contributed by atoms with van der Waals surface area (Å²) in [5.41, 5.74) is 2.01. The van der Waals surface area contributed by atoms with Crippen LogP contribution in [-0.2, 0) is 6.61 Å². The molecule has 2 aromatic carbocycles. The second-order valence-electron chi connectivity index (χ2n) is 4.15. The molecule has 4 heteroatoms. The highest BCUT2D eigenvalue weighted by molar-refractivity contribution is 9.10. The molecule has 0 spiro atoms. The molecule has 0 N–H and O–H groups in total. The molecular formula is C15H14BrClO2. The fourth-order valence-electron chi connectivity index (χ4n) is 1.79. The van der Waals surface area contributed by atoms with E-state index < -0.39 is 0 Å². The van der Waals surface area contributed by atoms with E-state index in [1.807, 2.05) is 37.3 Å². The number of benzene rings is 2. The number of aryl methyl sites for hydroxylation is 1. The lowest BCUT2D eigenvalue weighted by Gasteiger charge is -2.12. The van der Waals surface area contributed by atoms with Crippen molar-refractivity contribution in [2.75, 3.05) is 7.11 Å². The summed E-state index contributed by atoms with van der Waals surface area (Å²) in [5, 5.41) is 0.673. The minimum atomic E-state index is 0.423. The highest BCUT2D eigenvalue weighted by Gasteiger charge is 2.06. The van der Waals surface area contributed by atoms with Crippen LogP contribution in [0.2, 0.25) is 5.02 Å². The van der Waals surface area contributed by atoms with Crippen molar-refractivity contribution < 1.29 is 9.47 Å². The van der Waals surface area contributed by atoms with Gasteiger partial charge in [-0.2, -0.15) is 0 Å². The SMILES string of the molecule is COc1ccc(Cl)cc1COc1ccc(Br)cc1C. The van der Waals surface area contributed by atoms with E-state index in [1.54, 1.807) is 13.2 Å². The van der Waals surface area contributed by atoms with Gasteiger partial charge in [0.15, 0.2) is 0 Å². The number of halogens is 2. The van der Waals surface area contributed by atoms with Crippen molar-refractivity contribution in [3.05, 3.63) is 57.0 Å². The second kappa shape index (κ2) is 6.31. The van der Waals surface area contributed by atoms with Crippen LogP contribution in [0.3, 0.4) is 0 Å². The van der Waals surface area contributed by atoms with Crippen LogP contribution in [0, 0.1) is 6.92 Å². The Labute approximate surface area is 126 Å². The molecule has 2 nitrogen and oxygen atoms in total. The first-order chi connectivity index (χ1) is 9.10. The van der Waals surface area contributed by atoms with Crippen LogP contribution >= 0.6 is 27.5 Å². The third-order valence-corrected chi connectivity index (χ3v) is 3.49. The average molecular weight is 342 g/mol. The fourth-order valence-corrected chi connectivity index (χ4v) is 2.46. The highest BCUT2D eigenvalue weighted by Crippen LogP contribution is 2.26. The van der Waals surface area contributed by atoms with Gasteiger partial charge >= 0.3 is 0 Å². The van der Waals surface area contributed by atoms with Crippen molar-refractivity contribution in [3.8, 4) is 11.5 Å². The van der Waals surface area contributed by atoms with Gasteiger partial charge in [-0.15, -0.1) is 0 Å². The van der Waals surface area contributed by atoms with Gasteiger partial charge in [0.05, 0.1) is 7.11 Å². The number of hydrogen-bond donors (Lipinski definition) is 0. The lowest BCUT2D eigenvalue weighted by molar-refractivity contribution is 0.295. The molecule has 2 aromatic rings. The summed E-state index contributed by atoms with van der Waals surface area (Å²) in [5.74, 6) is 1.63. The van der Waals surface area contributed by atoms with Crippen molar-refractivity contribution in [1.82, 2.24) is 0 Å². The zero-order chi connectivity index (χ0) is 13.8. The van der Waals surface area contributed by atoms with Crippen LogP contribution in [0.25, 0.3) is 0 Å². The zero-order valence-corrected chi connectivity index (χ0v) is 13.1. The number of methoxy groups -OCH3 is 1. The summed E-state index contributed by atoms with van der Waals surface area (Å²) in [6.07, 6.45) is 0.